The van der Waals surface area contributed by atoms with Crippen molar-refractivity contribution in [1.82, 2.24) is 9.38 Å². The van der Waals surface area contributed by atoms with Crippen LogP contribution in [0.4, 0.5) is 0 Å². The number of ether oxygens (including phenoxy) is 2. The molecule has 4 rings (SSSR count). The van der Waals surface area contributed by atoms with Gasteiger partial charge in [0.05, 0.1) is 22.2 Å². The van der Waals surface area contributed by atoms with Crippen LogP contribution in [0.3, 0.4) is 0 Å². The molecule has 136 valence electrons. The van der Waals surface area contributed by atoms with Crippen molar-refractivity contribution in [2.45, 2.75) is 13.8 Å². The molecule has 0 fully saturated rings. The summed E-state index contributed by atoms with van der Waals surface area (Å²) in [5.41, 5.74) is 2.27. The van der Waals surface area contributed by atoms with Gasteiger partial charge in [-0.25, -0.2) is 9.38 Å². The molecule has 27 heavy (non-hydrogen) atoms. The maximum absolute atomic E-state index is 12.8. The maximum atomic E-state index is 12.8. The Labute approximate surface area is 158 Å². The van der Waals surface area contributed by atoms with Gasteiger partial charge in [0.25, 0.3) is 5.56 Å². The minimum Gasteiger partial charge on any atom is -0.490 e. The lowest BCUT2D eigenvalue weighted by atomic mass is 10.2. The summed E-state index contributed by atoms with van der Waals surface area (Å²) in [5, 5.41) is 0. The van der Waals surface area contributed by atoms with Gasteiger partial charge in [-0.3, -0.25) is 9.59 Å². The third-order valence-corrected chi connectivity index (χ3v) is 4.93. The number of thiazole rings is 1. The number of benzene rings is 2. The number of para-hydroxylation sites is 2. The number of aromatic nitrogens is 2. The SMILES string of the molecule is CCOc1cc(/C=c2\sc3nc4ccccc4n3c2=O)ccc1OC(C)=O. The van der Waals surface area contributed by atoms with Gasteiger partial charge in [-0.15, -0.1) is 0 Å². The quantitative estimate of drug-likeness (QED) is 0.402. The third kappa shape index (κ3) is 3.17. The minimum atomic E-state index is -0.416. The van der Waals surface area contributed by atoms with E-state index < -0.39 is 5.97 Å². The summed E-state index contributed by atoms with van der Waals surface area (Å²) in [6.07, 6.45) is 1.79. The molecular weight excluding hydrogens is 364 g/mol. The summed E-state index contributed by atoms with van der Waals surface area (Å²) in [4.78, 5) is 29.2. The zero-order chi connectivity index (χ0) is 19.0. The van der Waals surface area contributed by atoms with Gasteiger partial charge in [0.1, 0.15) is 0 Å². The highest BCUT2D eigenvalue weighted by Crippen LogP contribution is 2.29. The number of carbonyl (C=O) groups is 1. The van der Waals surface area contributed by atoms with Gasteiger partial charge in [0, 0.05) is 6.92 Å². The minimum absolute atomic E-state index is 0.106. The summed E-state index contributed by atoms with van der Waals surface area (Å²) >= 11 is 1.34. The lowest BCUT2D eigenvalue weighted by Crippen LogP contribution is -2.22. The molecule has 0 amide bonds. The zero-order valence-electron chi connectivity index (χ0n) is 14.8. The molecule has 2 aromatic carbocycles. The molecule has 2 heterocycles. The number of nitrogens with zero attached hydrogens (tertiary/aromatic N) is 2. The normalized spacial score (nSPS) is 12.0. The molecule has 0 N–H and O–H groups in total. The van der Waals surface area contributed by atoms with Gasteiger partial charge >= 0.3 is 5.97 Å². The van der Waals surface area contributed by atoms with E-state index in [2.05, 4.69) is 4.98 Å². The first-order valence-electron chi connectivity index (χ1n) is 8.44. The fourth-order valence-electron chi connectivity index (χ4n) is 2.89. The summed E-state index contributed by atoms with van der Waals surface area (Å²) in [6, 6.07) is 12.8. The summed E-state index contributed by atoms with van der Waals surface area (Å²) in [7, 11) is 0. The first-order valence-corrected chi connectivity index (χ1v) is 9.25. The van der Waals surface area contributed by atoms with E-state index in [0.29, 0.717) is 27.6 Å². The highest BCUT2D eigenvalue weighted by molar-refractivity contribution is 7.15. The second-order valence-electron chi connectivity index (χ2n) is 5.87. The van der Waals surface area contributed by atoms with E-state index in [1.165, 1.54) is 18.3 Å². The van der Waals surface area contributed by atoms with E-state index >= 15 is 0 Å². The topological polar surface area (TPSA) is 69.9 Å². The van der Waals surface area contributed by atoms with Crippen molar-refractivity contribution in [2.75, 3.05) is 6.61 Å². The standard InChI is InChI=1S/C20H16N2O4S/c1-3-25-17-10-13(8-9-16(17)26-12(2)23)11-18-19(24)22-15-7-5-4-6-14(15)21-20(22)27-18/h4-11H,3H2,1-2H3/b18-11-. The molecule has 6 nitrogen and oxygen atoms in total. The number of rotatable bonds is 4. The Hall–Kier alpha value is -3.19. The van der Waals surface area contributed by atoms with Crippen LogP contribution in [0, 0.1) is 0 Å². The molecule has 0 saturated carbocycles. The lowest BCUT2D eigenvalue weighted by Gasteiger charge is -2.10. The molecule has 7 heteroatoms. The van der Waals surface area contributed by atoms with Crippen molar-refractivity contribution in [3.05, 3.63) is 62.9 Å². The highest BCUT2D eigenvalue weighted by Gasteiger charge is 2.12. The van der Waals surface area contributed by atoms with Crippen molar-refractivity contribution in [2.24, 2.45) is 0 Å². The van der Waals surface area contributed by atoms with Gasteiger partial charge in [0.15, 0.2) is 16.5 Å². The van der Waals surface area contributed by atoms with Gasteiger partial charge in [0.2, 0.25) is 0 Å². The van der Waals surface area contributed by atoms with Crippen LogP contribution in [0.1, 0.15) is 19.4 Å². The van der Waals surface area contributed by atoms with Crippen LogP contribution >= 0.6 is 11.3 Å². The third-order valence-electron chi connectivity index (χ3n) is 3.96. The maximum Gasteiger partial charge on any atom is 0.308 e. The molecular formula is C20H16N2O4S. The van der Waals surface area contributed by atoms with E-state index in [1.807, 2.05) is 31.2 Å². The fourth-order valence-corrected chi connectivity index (χ4v) is 3.87. The number of carbonyl (C=O) groups excluding carboxylic acids is 1. The van der Waals surface area contributed by atoms with Crippen LogP contribution in [0.2, 0.25) is 0 Å². The first-order chi connectivity index (χ1) is 13.1. The molecule has 0 saturated heterocycles. The Bertz CT molecular complexity index is 1270. The van der Waals surface area contributed by atoms with Crippen LogP contribution in [0.15, 0.2) is 47.3 Å². The molecule has 0 radical (unpaired) electrons. The van der Waals surface area contributed by atoms with Crippen LogP contribution in [0.25, 0.3) is 22.1 Å². The molecule has 0 unspecified atom stereocenters. The number of fused-ring (bicyclic) bond motifs is 3. The molecule has 0 aliphatic rings. The molecule has 0 aliphatic carbocycles. The van der Waals surface area contributed by atoms with Crippen molar-refractivity contribution in [3.63, 3.8) is 0 Å². The molecule has 0 atom stereocenters. The summed E-state index contributed by atoms with van der Waals surface area (Å²) in [5.74, 6) is 0.400. The number of esters is 1. The highest BCUT2D eigenvalue weighted by atomic mass is 32.1. The summed E-state index contributed by atoms with van der Waals surface area (Å²) in [6.45, 7) is 3.62. The average molecular weight is 380 g/mol. The largest absolute Gasteiger partial charge is 0.490 e. The van der Waals surface area contributed by atoms with E-state index in [-0.39, 0.29) is 5.56 Å². The second kappa shape index (κ2) is 6.85. The average Bonchev–Trinajstić information content (AvgIpc) is 3.14. The van der Waals surface area contributed by atoms with E-state index in [1.54, 1.807) is 28.7 Å². The second-order valence-corrected chi connectivity index (χ2v) is 6.88. The number of hydrogen-bond donors (Lipinski definition) is 0. The molecule has 0 spiro atoms. The monoisotopic (exact) mass is 380 g/mol. The van der Waals surface area contributed by atoms with Gasteiger partial charge in [-0.05, 0) is 42.8 Å². The predicted octanol–water partition coefficient (Wildman–Crippen LogP) is 2.78. The van der Waals surface area contributed by atoms with Gasteiger partial charge in [-0.2, -0.15) is 0 Å². The Morgan fingerprint density at radius 2 is 2.04 bits per heavy atom. The van der Waals surface area contributed by atoms with Gasteiger partial charge < -0.3 is 9.47 Å². The Morgan fingerprint density at radius 1 is 1.22 bits per heavy atom. The van der Waals surface area contributed by atoms with Crippen LogP contribution in [-0.4, -0.2) is 22.0 Å². The predicted molar refractivity (Wildman–Crippen MR) is 105 cm³/mol. The Morgan fingerprint density at radius 3 is 2.81 bits per heavy atom. The smallest absolute Gasteiger partial charge is 0.308 e. The van der Waals surface area contributed by atoms with Crippen LogP contribution < -0.4 is 19.6 Å². The zero-order valence-corrected chi connectivity index (χ0v) is 15.6. The summed E-state index contributed by atoms with van der Waals surface area (Å²) < 4.78 is 12.9. The number of hydrogen-bond acceptors (Lipinski definition) is 6. The first kappa shape index (κ1) is 17.2. The lowest BCUT2D eigenvalue weighted by molar-refractivity contribution is -0.132. The molecule has 2 aromatic heterocycles. The van der Waals surface area contributed by atoms with Crippen molar-refractivity contribution in [3.8, 4) is 11.5 Å². The van der Waals surface area contributed by atoms with Crippen LogP contribution in [0.5, 0.6) is 11.5 Å². The van der Waals surface area contributed by atoms with E-state index in [9.17, 15) is 9.59 Å². The molecule has 0 bridgehead atoms. The van der Waals surface area contributed by atoms with Crippen LogP contribution in [-0.2, 0) is 4.79 Å². The van der Waals surface area contributed by atoms with E-state index in [4.69, 9.17) is 9.47 Å². The van der Waals surface area contributed by atoms with Gasteiger partial charge in [-0.1, -0.05) is 29.5 Å². The van der Waals surface area contributed by atoms with E-state index in [0.717, 1.165) is 16.6 Å². The van der Waals surface area contributed by atoms with Crippen molar-refractivity contribution in [1.29, 1.82) is 0 Å². The molecule has 4 aromatic rings. The van der Waals surface area contributed by atoms with Crippen molar-refractivity contribution >= 4 is 39.4 Å². The fraction of sp³-hybridized carbons (Fsp3) is 0.150. The molecule has 0 aliphatic heterocycles. The van der Waals surface area contributed by atoms with Crippen molar-refractivity contribution < 1.29 is 14.3 Å². The number of imidazole rings is 1. The Kier molecular flexibility index (Phi) is 4.37. The Balaban J connectivity index is 1.83.